The Kier molecular flexibility index (Phi) is 5.89. The number of hydrogen-bond donors (Lipinski definition) is 1. The van der Waals surface area contributed by atoms with Gasteiger partial charge in [0.05, 0.1) is 33.3 Å². The van der Waals surface area contributed by atoms with E-state index in [0.717, 1.165) is 31.9 Å². The number of esters is 1. The lowest BCUT2D eigenvalue weighted by molar-refractivity contribution is 0.0379. The van der Waals surface area contributed by atoms with Gasteiger partial charge in [-0.25, -0.2) is 9.78 Å². The molecule has 5 nitrogen and oxygen atoms in total. The van der Waals surface area contributed by atoms with Crippen molar-refractivity contribution in [2.75, 3.05) is 5.32 Å². The zero-order valence-corrected chi connectivity index (χ0v) is 19.3. The van der Waals surface area contributed by atoms with Crippen molar-refractivity contribution < 1.29 is 14.3 Å². The van der Waals surface area contributed by atoms with Gasteiger partial charge in [-0.2, -0.15) is 0 Å². The highest BCUT2D eigenvalue weighted by Gasteiger charge is 2.24. The Morgan fingerprint density at radius 3 is 2.58 bits per heavy atom. The van der Waals surface area contributed by atoms with E-state index in [-0.39, 0.29) is 12.0 Å². The van der Waals surface area contributed by atoms with Crippen molar-refractivity contribution in [1.29, 1.82) is 0 Å². The molecular weight excluding hydrogens is 428 g/mol. The van der Waals surface area contributed by atoms with Gasteiger partial charge in [-0.15, -0.1) is 22.7 Å². The number of para-hydroxylation sites is 1. The fourth-order valence-corrected chi connectivity index (χ4v) is 5.05. The van der Waals surface area contributed by atoms with E-state index in [1.165, 1.54) is 11.3 Å². The van der Waals surface area contributed by atoms with Gasteiger partial charge in [0.1, 0.15) is 5.00 Å². The van der Waals surface area contributed by atoms with E-state index in [4.69, 9.17) is 9.72 Å². The average Bonchev–Trinajstić information content (AvgIpc) is 3.35. The van der Waals surface area contributed by atoms with Crippen molar-refractivity contribution in [2.45, 2.75) is 33.8 Å². The van der Waals surface area contributed by atoms with Crippen LogP contribution in [0.5, 0.6) is 0 Å². The predicted octanol–water partition coefficient (Wildman–Crippen LogP) is 6.46. The summed E-state index contributed by atoms with van der Waals surface area (Å²) >= 11 is 2.95. The second-order valence-corrected chi connectivity index (χ2v) is 9.62. The molecule has 0 aliphatic rings. The van der Waals surface area contributed by atoms with Gasteiger partial charge in [0.15, 0.2) is 0 Å². The number of carbonyl (C=O) groups is 2. The zero-order valence-electron chi connectivity index (χ0n) is 17.7. The van der Waals surface area contributed by atoms with Gasteiger partial charge < -0.3 is 10.1 Å². The second kappa shape index (κ2) is 8.61. The van der Waals surface area contributed by atoms with Crippen molar-refractivity contribution >= 4 is 50.5 Å². The third-order valence-corrected chi connectivity index (χ3v) is 6.91. The first-order chi connectivity index (χ1) is 14.8. The van der Waals surface area contributed by atoms with Gasteiger partial charge in [0, 0.05) is 10.3 Å². The summed E-state index contributed by atoms with van der Waals surface area (Å²) in [4.78, 5) is 32.7. The number of anilines is 1. The molecule has 3 aromatic heterocycles. The molecule has 1 aromatic carbocycles. The Labute approximate surface area is 188 Å². The maximum atomic E-state index is 13.4. The number of nitrogens with zero attached hydrogens (tertiary/aromatic N) is 1. The Bertz CT molecular complexity index is 1270. The summed E-state index contributed by atoms with van der Waals surface area (Å²) in [5, 5.41) is 6.21. The largest absolute Gasteiger partial charge is 0.459 e. The number of ether oxygens (including phenoxy) is 1. The number of rotatable bonds is 5. The molecule has 1 N–H and O–H groups in total. The first kappa shape index (κ1) is 21.2. The van der Waals surface area contributed by atoms with Gasteiger partial charge in [0.2, 0.25) is 0 Å². The fourth-order valence-electron chi connectivity index (χ4n) is 3.32. The maximum Gasteiger partial charge on any atom is 0.341 e. The maximum absolute atomic E-state index is 13.4. The van der Waals surface area contributed by atoms with E-state index in [2.05, 4.69) is 5.32 Å². The van der Waals surface area contributed by atoms with E-state index < -0.39 is 5.97 Å². The molecule has 0 fully saturated rings. The smallest absolute Gasteiger partial charge is 0.341 e. The number of fused-ring (bicyclic) bond motifs is 1. The standard InChI is InChI=1S/C24H22N2O3S2/c1-13(2)29-24(28)21-14(3)15(4)31-23(21)26-22(27)17-12-19(20-10-7-11-30-20)25-18-9-6-5-8-16(17)18/h5-13H,1-4H3,(H,26,27). The molecular formula is C24H22N2O3S2. The van der Waals surface area contributed by atoms with Crippen LogP contribution in [-0.4, -0.2) is 23.0 Å². The lowest BCUT2D eigenvalue weighted by Gasteiger charge is -2.12. The van der Waals surface area contributed by atoms with Crippen molar-refractivity contribution in [3.63, 3.8) is 0 Å². The summed E-state index contributed by atoms with van der Waals surface area (Å²) in [7, 11) is 0. The molecule has 0 spiro atoms. The van der Waals surface area contributed by atoms with Crippen LogP contribution < -0.4 is 5.32 Å². The van der Waals surface area contributed by atoms with Gasteiger partial charge in [0.25, 0.3) is 5.91 Å². The Morgan fingerprint density at radius 1 is 1.10 bits per heavy atom. The predicted molar refractivity (Wildman–Crippen MR) is 127 cm³/mol. The number of nitrogens with one attached hydrogen (secondary N) is 1. The first-order valence-corrected chi connectivity index (χ1v) is 11.6. The second-order valence-electron chi connectivity index (χ2n) is 7.45. The number of benzene rings is 1. The van der Waals surface area contributed by atoms with Crippen LogP contribution in [0.2, 0.25) is 0 Å². The number of amides is 1. The number of hydrogen-bond acceptors (Lipinski definition) is 6. The summed E-state index contributed by atoms with van der Waals surface area (Å²) in [6.45, 7) is 7.41. The molecule has 31 heavy (non-hydrogen) atoms. The van der Waals surface area contributed by atoms with Crippen LogP contribution in [0.15, 0.2) is 47.8 Å². The number of aryl methyl sites for hydroxylation is 1. The fraction of sp³-hybridized carbons (Fsp3) is 0.208. The van der Waals surface area contributed by atoms with Gasteiger partial charge in [-0.1, -0.05) is 24.3 Å². The molecule has 1 amide bonds. The highest BCUT2D eigenvalue weighted by molar-refractivity contribution is 7.16. The molecule has 0 aliphatic heterocycles. The van der Waals surface area contributed by atoms with Gasteiger partial charge in [-0.3, -0.25) is 4.79 Å². The quantitative estimate of drug-likeness (QED) is 0.354. The van der Waals surface area contributed by atoms with E-state index in [1.807, 2.05) is 61.7 Å². The Balaban J connectivity index is 1.76. The molecule has 0 unspecified atom stereocenters. The third-order valence-electron chi connectivity index (χ3n) is 4.89. The van der Waals surface area contributed by atoms with Crippen molar-refractivity contribution in [3.05, 3.63) is 69.4 Å². The van der Waals surface area contributed by atoms with Crippen molar-refractivity contribution in [1.82, 2.24) is 4.98 Å². The van der Waals surface area contributed by atoms with Crippen LogP contribution in [0.1, 0.15) is 45.0 Å². The van der Waals surface area contributed by atoms with Crippen molar-refractivity contribution in [2.24, 2.45) is 0 Å². The SMILES string of the molecule is Cc1sc(NC(=O)c2cc(-c3cccs3)nc3ccccc23)c(C(=O)OC(C)C)c1C. The van der Waals surface area contributed by atoms with E-state index in [1.54, 1.807) is 25.2 Å². The molecule has 7 heteroatoms. The molecule has 0 aliphatic carbocycles. The zero-order chi connectivity index (χ0) is 22.1. The van der Waals surface area contributed by atoms with E-state index >= 15 is 0 Å². The van der Waals surface area contributed by atoms with Crippen LogP contribution in [0.4, 0.5) is 5.00 Å². The Hall–Kier alpha value is -3.03. The summed E-state index contributed by atoms with van der Waals surface area (Å²) in [5.41, 5.74) is 3.25. The topological polar surface area (TPSA) is 68.3 Å². The molecule has 0 saturated carbocycles. The van der Waals surface area contributed by atoms with Crippen LogP contribution in [0.25, 0.3) is 21.5 Å². The first-order valence-electron chi connectivity index (χ1n) is 9.91. The molecule has 4 aromatic rings. The average molecular weight is 451 g/mol. The number of pyridine rings is 1. The molecule has 0 bridgehead atoms. The van der Waals surface area contributed by atoms with Crippen LogP contribution >= 0.6 is 22.7 Å². The molecule has 0 saturated heterocycles. The Morgan fingerprint density at radius 2 is 1.87 bits per heavy atom. The lowest BCUT2D eigenvalue weighted by Crippen LogP contribution is -2.17. The van der Waals surface area contributed by atoms with Crippen LogP contribution in [-0.2, 0) is 4.74 Å². The highest BCUT2D eigenvalue weighted by Crippen LogP contribution is 2.34. The minimum absolute atomic E-state index is 0.242. The molecule has 158 valence electrons. The van der Waals surface area contributed by atoms with E-state index in [9.17, 15) is 9.59 Å². The highest BCUT2D eigenvalue weighted by atomic mass is 32.1. The normalized spacial score (nSPS) is 11.1. The summed E-state index contributed by atoms with van der Waals surface area (Å²) < 4.78 is 5.40. The van der Waals surface area contributed by atoms with Crippen LogP contribution in [0.3, 0.4) is 0 Å². The minimum atomic E-state index is -0.425. The summed E-state index contributed by atoms with van der Waals surface area (Å²) in [6, 6.07) is 13.3. The molecule has 0 atom stereocenters. The molecule has 0 radical (unpaired) electrons. The summed E-state index contributed by atoms with van der Waals surface area (Å²) in [5.74, 6) is -0.706. The summed E-state index contributed by atoms with van der Waals surface area (Å²) in [6.07, 6.45) is -0.242. The minimum Gasteiger partial charge on any atom is -0.459 e. The molecule has 4 rings (SSSR count). The third kappa shape index (κ3) is 4.24. The van der Waals surface area contributed by atoms with E-state index in [0.29, 0.717) is 16.1 Å². The number of thiophene rings is 2. The molecule has 3 heterocycles. The van der Waals surface area contributed by atoms with Gasteiger partial charge in [-0.05, 0) is 56.8 Å². The van der Waals surface area contributed by atoms with Gasteiger partial charge >= 0.3 is 5.97 Å². The number of aromatic nitrogens is 1. The lowest BCUT2D eigenvalue weighted by atomic mass is 10.1. The monoisotopic (exact) mass is 450 g/mol. The van der Waals surface area contributed by atoms with Crippen molar-refractivity contribution in [3.8, 4) is 10.6 Å². The van der Waals surface area contributed by atoms with Crippen LogP contribution in [0, 0.1) is 13.8 Å². The number of carbonyl (C=O) groups excluding carboxylic acids is 2.